The molecule has 7 heteroatoms. The highest BCUT2D eigenvalue weighted by molar-refractivity contribution is 5.93. The van der Waals surface area contributed by atoms with E-state index in [0.717, 1.165) is 16.7 Å². The fourth-order valence-corrected chi connectivity index (χ4v) is 2.84. The molecule has 3 rings (SSSR count). The van der Waals surface area contributed by atoms with E-state index in [1.807, 2.05) is 26.0 Å². The van der Waals surface area contributed by atoms with Crippen LogP contribution in [0.1, 0.15) is 21.5 Å². The molecule has 1 heterocycles. The number of hydrogen-bond donors (Lipinski definition) is 2. The molecule has 0 bridgehead atoms. The summed E-state index contributed by atoms with van der Waals surface area (Å²) in [5, 5.41) is 9.11. The Morgan fingerprint density at radius 3 is 2.46 bits per heavy atom. The van der Waals surface area contributed by atoms with Crippen molar-refractivity contribution in [2.75, 3.05) is 13.7 Å². The van der Waals surface area contributed by atoms with Gasteiger partial charge in [0.2, 0.25) is 0 Å². The van der Waals surface area contributed by atoms with E-state index in [9.17, 15) is 9.59 Å². The molecule has 2 aromatic carbocycles. The number of H-pyrrole nitrogens is 1. The zero-order chi connectivity index (χ0) is 18.8. The molecule has 3 aromatic rings. The number of aromatic nitrogens is 2. The van der Waals surface area contributed by atoms with E-state index in [4.69, 9.17) is 9.84 Å². The molecular formula is C19H18N2O5. The third kappa shape index (κ3) is 3.37. The number of aromatic carboxylic acids is 1. The van der Waals surface area contributed by atoms with Crippen LogP contribution in [-0.4, -0.2) is 40.7 Å². The van der Waals surface area contributed by atoms with Crippen molar-refractivity contribution < 1.29 is 24.2 Å². The van der Waals surface area contributed by atoms with Crippen LogP contribution in [0.5, 0.6) is 5.75 Å². The van der Waals surface area contributed by atoms with E-state index < -0.39 is 11.9 Å². The third-order valence-corrected chi connectivity index (χ3v) is 4.06. The highest BCUT2D eigenvalue weighted by atomic mass is 16.6. The quantitative estimate of drug-likeness (QED) is 0.683. The Kier molecular flexibility index (Phi) is 4.62. The molecule has 2 N–H and O–H groups in total. The maximum atomic E-state index is 11.2. The summed E-state index contributed by atoms with van der Waals surface area (Å²) in [6.07, 6.45) is 0. The van der Waals surface area contributed by atoms with Gasteiger partial charge in [0, 0.05) is 5.56 Å². The highest BCUT2D eigenvalue weighted by Crippen LogP contribution is 2.30. The van der Waals surface area contributed by atoms with Gasteiger partial charge < -0.3 is 19.6 Å². The lowest BCUT2D eigenvalue weighted by Crippen LogP contribution is -2.12. The van der Waals surface area contributed by atoms with Crippen molar-refractivity contribution in [1.29, 1.82) is 0 Å². The van der Waals surface area contributed by atoms with Crippen LogP contribution in [-0.2, 0) is 9.53 Å². The first-order chi connectivity index (χ1) is 12.4. The Morgan fingerprint density at radius 2 is 1.85 bits per heavy atom. The van der Waals surface area contributed by atoms with E-state index in [-0.39, 0.29) is 12.2 Å². The number of nitrogens with zero attached hydrogens (tertiary/aromatic N) is 1. The Labute approximate surface area is 149 Å². The maximum absolute atomic E-state index is 11.2. The summed E-state index contributed by atoms with van der Waals surface area (Å²) in [5.74, 6) is -0.214. The summed E-state index contributed by atoms with van der Waals surface area (Å²) < 4.78 is 10.0. The van der Waals surface area contributed by atoms with E-state index >= 15 is 0 Å². The topological polar surface area (TPSA) is 102 Å². The Hall–Kier alpha value is -3.35. The first-order valence-electron chi connectivity index (χ1n) is 7.93. The zero-order valence-electron chi connectivity index (χ0n) is 14.6. The molecule has 1 aromatic heterocycles. The molecule has 0 aliphatic heterocycles. The van der Waals surface area contributed by atoms with Crippen LogP contribution >= 0.6 is 0 Å². The normalized spacial score (nSPS) is 10.7. The monoisotopic (exact) mass is 354 g/mol. The highest BCUT2D eigenvalue weighted by Gasteiger charge is 2.14. The maximum Gasteiger partial charge on any atom is 0.343 e. The van der Waals surface area contributed by atoms with Crippen LogP contribution in [0.2, 0.25) is 0 Å². The predicted octanol–water partition coefficient (Wildman–Crippen LogP) is 3.10. The molecule has 134 valence electrons. The van der Waals surface area contributed by atoms with Crippen LogP contribution in [0.4, 0.5) is 0 Å². The standard InChI is InChI=1S/C19H18N2O5/c1-10-6-13(26-9-16(22)25-3)7-11(2)17(10)18-20-14-5-4-12(19(23)24)8-15(14)21-18/h4-8H,9H2,1-3H3,(H,20,21)(H,23,24). The molecule has 26 heavy (non-hydrogen) atoms. The summed E-state index contributed by atoms with van der Waals surface area (Å²) in [6, 6.07) is 8.41. The summed E-state index contributed by atoms with van der Waals surface area (Å²) in [4.78, 5) is 30.1. The second-order valence-electron chi connectivity index (χ2n) is 5.92. The van der Waals surface area contributed by atoms with Crippen molar-refractivity contribution in [3.63, 3.8) is 0 Å². The zero-order valence-corrected chi connectivity index (χ0v) is 14.6. The molecule has 0 aliphatic carbocycles. The molecule has 0 spiro atoms. The molecule has 0 amide bonds. The molecule has 0 aliphatic rings. The number of benzene rings is 2. The first-order valence-corrected chi connectivity index (χ1v) is 7.93. The fourth-order valence-electron chi connectivity index (χ4n) is 2.84. The summed E-state index contributed by atoms with van der Waals surface area (Å²) in [6.45, 7) is 3.68. The number of aromatic amines is 1. The van der Waals surface area contributed by atoms with E-state index in [1.165, 1.54) is 13.2 Å². The van der Waals surface area contributed by atoms with Crippen LogP contribution < -0.4 is 4.74 Å². The number of ether oxygens (including phenoxy) is 2. The van der Waals surface area contributed by atoms with Crippen molar-refractivity contribution >= 4 is 23.0 Å². The lowest BCUT2D eigenvalue weighted by atomic mass is 10.0. The second kappa shape index (κ2) is 6.87. The number of imidazole rings is 1. The number of carboxylic acids is 1. The minimum Gasteiger partial charge on any atom is -0.482 e. The van der Waals surface area contributed by atoms with Gasteiger partial charge in [-0.3, -0.25) is 0 Å². The number of hydrogen-bond acceptors (Lipinski definition) is 5. The first kappa shape index (κ1) is 17.5. The van der Waals surface area contributed by atoms with Gasteiger partial charge >= 0.3 is 11.9 Å². The molecule has 0 atom stereocenters. The van der Waals surface area contributed by atoms with Gasteiger partial charge in [-0.1, -0.05) is 0 Å². The smallest absolute Gasteiger partial charge is 0.343 e. The van der Waals surface area contributed by atoms with E-state index in [0.29, 0.717) is 22.6 Å². The molecule has 0 saturated heterocycles. The van der Waals surface area contributed by atoms with Crippen LogP contribution in [0.15, 0.2) is 30.3 Å². The number of carbonyl (C=O) groups is 2. The summed E-state index contributed by atoms with van der Waals surface area (Å²) in [5.41, 5.74) is 4.29. The molecule has 0 saturated carbocycles. The number of rotatable bonds is 5. The van der Waals surface area contributed by atoms with Gasteiger partial charge in [0.15, 0.2) is 6.61 Å². The van der Waals surface area contributed by atoms with Crippen molar-refractivity contribution in [3.8, 4) is 17.1 Å². The minimum atomic E-state index is -0.984. The molecule has 0 fully saturated rings. The number of fused-ring (bicyclic) bond motifs is 1. The lowest BCUT2D eigenvalue weighted by Gasteiger charge is -2.11. The number of carboxylic acid groups (broad SMARTS) is 1. The van der Waals surface area contributed by atoms with Gasteiger partial charge in [0.25, 0.3) is 0 Å². The summed E-state index contributed by atoms with van der Waals surface area (Å²) >= 11 is 0. The van der Waals surface area contributed by atoms with Crippen molar-refractivity contribution in [2.24, 2.45) is 0 Å². The lowest BCUT2D eigenvalue weighted by molar-refractivity contribution is -0.142. The second-order valence-corrected chi connectivity index (χ2v) is 5.92. The average molecular weight is 354 g/mol. The van der Waals surface area contributed by atoms with Gasteiger partial charge in [-0.05, 0) is 55.3 Å². The van der Waals surface area contributed by atoms with E-state index in [2.05, 4.69) is 14.7 Å². The number of methoxy groups -OCH3 is 1. The molecule has 0 unspecified atom stereocenters. The van der Waals surface area contributed by atoms with Gasteiger partial charge in [-0.15, -0.1) is 0 Å². The van der Waals surface area contributed by atoms with Crippen LogP contribution in [0, 0.1) is 13.8 Å². The van der Waals surface area contributed by atoms with Gasteiger partial charge in [-0.2, -0.15) is 0 Å². The SMILES string of the molecule is COC(=O)COc1cc(C)c(-c2nc3ccc(C(=O)O)cc3[nH]2)c(C)c1. The van der Waals surface area contributed by atoms with E-state index in [1.54, 1.807) is 12.1 Å². The number of carbonyl (C=O) groups excluding carboxylic acids is 1. The number of esters is 1. The van der Waals surface area contributed by atoms with Crippen molar-refractivity contribution in [3.05, 3.63) is 47.0 Å². The Bertz CT molecular complexity index is 983. The van der Waals surface area contributed by atoms with Gasteiger partial charge in [0.1, 0.15) is 11.6 Å². The number of nitrogens with one attached hydrogen (secondary N) is 1. The Morgan fingerprint density at radius 1 is 1.15 bits per heavy atom. The predicted molar refractivity (Wildman–Crippen MR) is 95.5 cm³/mol. The summed E-state index contributed by atoms with van der Waals surface area (Å²) in [7, 11) is 1.31. The molecule has 0 radical (unpaired) electrons. The minimum absolute atomic E-state index is 0.155. The van der Waals surface area contributed by atoms with Crippen molar-refractivity contribution in [1.82, 2.24) is 9.97 Å². The molecule has 7 nitrogen and oxygen atoms in total. The third-order valence-electron chi connectivity index (χ3n) is 4.06. The molecular weight excluding hydrogens is 336 g/mol. The largest absolute Gasteiger partial charge is 0.482 e. The number of aryl methyl sites for hydroxylation is 2. The Balaban J connectivity index is 1.97. The van der Waals surface area contributed by atoms with Crippen LogP contribution in [0.25, 0.3) is 22.4 Å². The van der Waals surface area contributed by atoms with Crippen LogP contribution in [0.3, 0.4) is 0 Å². The van der Waals surface area contributed by atoms with Gasteiger partial charge in [0.05, 0.1) is 23.7 Å². The van der Waals surface area contributed by atoms with Gasteiger partial charge in [-0.25, -0.2) is 14.6 Å². The fraction of sp³-hybridized carbons (Fsp3) is 0.211. The van der Waals surface area contributed by atoms with Crippen molar-refractivity contribution in [2.45, 2.75) is 13.8 Å². The average Bonchev–Trinajstić information content (AvgIpc) is 3.01.